The normalized spacial score (nSPS) is 13.5. The van der Waals surface area contributed by atoms with E-state index in [0.717, 1.165) is 25.5 Å². The molecule has 0 radical (unpaired) electrons. The van der Waals surface area contributed by atoms with Crippen molar-refractivity contribution >= 4 is 49.5 Å². The molecule has 4 rings (SSSR count). The summed E-state index contributed by atoms with van der Waals surface area (Å²) in [6, 6.07) is 9.39. The Labute approximate surface area is 122 Å². The maximum Gasteiger partial charge on any atom is 0.228 e. The summed E-state index contributed by atoms with van der Waals surface area (Å²) in [5.41, 5.74) is 2.37. The van der Waals surface area contributed by atoms with Crippen LogP contribution in [0.5, 0.6) is 0 Å². The predicted octanol–water partition coefficient (Wildman–Crippen LogP) is 3.69. The summed E-state index contributed by atoms with van der Waals surface area (Å²) in [5.74, 6) is 0.0155. The monoisotopic (exact) mass is 299 g/mol. The minimum absolute atomic E-state index is 0.0127. The number of anilines is 1. The van der Waals surface area contributed by atoms with Gasteiger partial charge in [-0.05, 0) is 41.3 Å². The molecule has 0 bridgehead atoms. The topological polar surface area (TPSA) is 46.2 Å². The first-order valence-corrected chi connectivity index (χ1v) is 7.85. The first kappa shape index (κ1) is 11.8. The molecule has 20 heavy (non-hydrogen) atoms. The van der Waals surface area contributed by atoms with Crippen molar-refractivity contribution in [2.75, 3.05) is 5.32 Å². The van der Waals surface area contributed by atoms with Crippen molar-refractivity contribution in [3.63, 3.8) is 0 Å². The number of hydrogen-bond donors (Lipinski definition) is 1. The summed E-state index contributed by atoms with van der Waals surface area (Å²) >= 11 is 3.16. The van der Waals surface area contributed by atoms with Crippen LogP contribution in [0.15, 0.2) is 35.7 Å². The van der Waals surface area contributed by atoms with Crippen LogP contribution in [0, 0.1) is 0 Å². The van der Waals surface area contributed by atoms with Gasteiger partial charge in [0.05, 0.1) is 11.3 Å². The molecule has 3 aromatic rings. The van der Waals surface area contributed by atoms with Crippen molar-refractivity contribution in [1.29, 1.82) is 0 Å². The molecule has 0 unspecified atom stereocenters. The molecule has 1 N–H and O–H groups in total. The minimum Gasteiger partial charge on any atom is -0.326 e. The summed E-state index contributed by atoms with van der Waals surface area (Å²) in [5, 5.41) is 4.80. The van der Waals surface area contributed by atoms with Gasteiger partial charge in [0.1, 0.15) is 0 Å². The van der Waals surface area contributed by atoms with E-state index in [4.69, 9.17) is 0 Å². The first-order chi connectivity index (χ1) is 9.70. The SMILES string of the molecule is O=C1Cc2cc(C(=O)c3cc4sccc4s3)ccc2N1. The Morgan fingerprint density at radius 1 is 1.15 bits per heavy atom. The molecule has 0 aliphatic carbocycles. The second kappa shape index (κ2) is 4.26. The molecule has 1 aliphatic rings. The fraction of sp³-hybridized carbons (Fsp3) is 0.0667. The maximum atomic E-state index is 12.5. The lowest BCUT2D eigenvalue weighted by Crippen LogP contribution is -2.03. The van der Waals surface area contributed by atoms with Crippen LogP contribution in [-0.4, -0.2) is 11.7 Å². The average Bonchev–Trinajstić information content (AvgIpc) is 3.08. The van der Waals surface area contributed by atoms with Crippen LogP contribution in [0.3, 0.4) is 0 Å². The number of amides is 1. The third-order valence-electron chi connectivity index (χ3n) is 3.36. The highest BCUT2D eigenvalue weighted by Gasteiger charge is 2.20. The lowest BCUT2D eigenvalue weighted by atomic mass is 10.0. The van der Waals surface area contributed by atoms with E-state index >= 15 is 0 Å². The average molecular weight is 299 g/mol. The summed E-state index contributed by atoms with van der Waals surface area (Å²) in [7, 11) is 0. The number of hydrogen-bond acceptors (Lipinski definition) is 4. The number of nitrogens with one attached hydrogen (secondary N) is 1. The number of carbonyl (C=O) groups is 2. The van der Waals surface area contributed by atoms with Crippen LogP contribution < -0.4 is 5.32 Å². The zero-order valence-corrected chi connectivity index (χ0v) is 11.9. The van der Waals surface area contributed by atoms with Crippen LogP contribution in [0.25, 0.3) is 9.40 Å². The highest BCUT2D eigenvalue weighted by Crippen LogP contribution is 2.32. The summed E-state index contributed by atoms with van der Waals surface area (Å²) in [6.45, 7) is 0. The molecule has 2 aromatic heterocycles. The Morgan fingerprint density at radius 3 is 2.90 bits per heavy atom. The number of thiophene rings is 2. The molecule has 0 spiro atoms. The number of fused-ring (bicyclic) bond motifs is 2. The van der Waals surface area contributed by atoms with Crippen LogP contribution >= 0.6 is 22.7 Å². The second-order valence-electron chi connectivity index (χ2n) is 4.69. The van der Waals surface area contributed by atoms with E-state index in [0.29, 0.717) is 12.0 Å². The molecule has 1 aliphatic heterocycles. The van der Waals surface area contributed by atoms with Crippen LogP contribution in [0.1, 0.15) is 20.8 Å². The van der Waals surface area contributed by atoms with Gasteiger partial charge in [-0.2, -0.15) is 0 Å². The van der Waals surface area contributed by atoms with Crippen molar-refractivity contribution in [2.24, 2.45) is 0 Å². The van der Waals surface area contributed by atoms with Crippen LogP contribution in [-0.2, 0) is 11.2 Å². The highest BCUT2D eigenvalue weighted by atomic mass is 32.1. The fourth-order valence-corrected chi connectivity index (χ4v) is 4.46. The molecular formula is C15H9NO2S2. The molecule has 3 nitrogen and oxygen atoms in total. The molecule has 5 heteroatoms. The molecular weight excluding hydrogens is 290 g/mol. The van der Waals surface area contributed by atoms with E-state index in [9.17, 15) is 9.59 Å². The van der Waals surface area contributed by atoms with E-state index in [1.54, 1.807) is 17.4 Å². The van der Waals surface area contributed by atoms with Crippen molar-refractivity contribution in [3.05, 3.63) is 51.7 Å². The van der Waals surface area contributed by atoms with Crippen molar-refractivity contribution in [2.45, 2.75) is 6.42 Å². The van der Waals surface area contributed by atoms with Gasteiger partial charge >= 0.3 is 0 Å². The van der Waals surface area contributed by atoms with Crippen LogP contribution in [0.4, 0.5) is 5.69 Å². The Hall–Kier alpha value is -1.98. The standard InChI is InChI=1S/C15H9NO2S2/c17-14-6-9-5-8(1-2-10(9)16-14)15(18)13-7-12-11(20-13)3-4-19-12/h1-5,7H,6H2,(H,16,17). The van der Waals surface area contributed by atoms with Crippen molar-refractivity contribution in [3.8, 4) is 0 Å². The Bertz CT molecular complexity index is 831. The number of carbonyl (C=O) groups excluding carboxylic acids is 2. The van der Waals surface area contributed by atoms with Crippen LogP contribution in [0.2, 0.25) is 0 Å². The number of ketones is 1. The number of benzene rings is 1. The second-order valence-corrected chi connectivity index (χ2v) is 6.72. The van der Waals surface area contributed by atoms with E-state index in [1.807, 2.05) is 29.6 Å². The van der Waals surface area contributed by atoms with Crippen molar-refractivity contribution < 1.29 is 9.59 Å². The van der Waals surface area contributed by atoms with E-state index < -0.39 is 0 Å². The molecule has 3 heterocycles. The fourth-order valence-electron chi connectivity index (χ4n) is 2.39. The lowest BCUT2D eigenvalue weighted by molar-refractivity contribution is -0.115. The van der Waals surface area contributed by atoms with E-state index in [2.05, 4.69) is 5.32 Å². The molecule has 98 valence electrons. The summed E-state index contributed by atoms with van der Waals surface area (Å²) in [4.78, 5) is 24.6. The Morgan fingerprint density at radius 2 is 2.05 bits per heavy atom. The Kier molecular flexibility index (Phi) is 2.52. The maximum absolute atomic E-state index is 12.5. The van der Waals surface area contributed by atoms with Gasteiger partial charge in [0.15, 0.2) is 0 Å². The van der Waals surface area contributed by atoms with Gasteiger partial charge in [0, 0.05) is 20.7 Å². The van der Waals surface area contributed by atoms with Gasteiger partial charge in [0.25, 0.3) is 0 Å². The quantitative estimate of drug-likeness (QED) is 0.734. The third kappa shape index (κ3) is 1.78. The highest BCUT2D eigenvalue weighted by molar-refractivity contribution is 7.28. The summed E-state index contributed by atoms with van der Waals surface area (Å²) < 4.78 is 2.30. The van der Waals surface area contributed by atoms with Crippen molar-refractivity contribution in [1.82, 2.24) is 0 Å². The molecule has 0 saturated heterocycles. The molecule has 0 fully saturated rings. The van der Waals surface area contributed by atoms with Gasteiger partial charge in [-0.3, -0.25) is 9.59 Å². The van der Waals surface area contributed by atoms with E-state index in [-0.39, 0.29) is 11.7 Å². The lowest BCUT2D eigenvalue weighted by Gasteiger charge is -2.02. The predicted molar refractivity (Wildman–Crippen MR) is 81.9 cm³/mol. The molecule has 1 aromatic carbocycles. The zero-order chi connectivity index (χ0) is 13.7. The van der Waals surface area contributed by atoms with Gasteiger partial charge in [-0.1, -0.05) is 0 Å². The zero-order valence-electron chi connectivity index (χ0n) is 10.3. The minimum atomic E-state index is -0.0127. The Balaban J connectivity index is 1.74. The third-order valence-corrected chi connectivity index (χ3v) is 5.45. The van der Waals surface area contributed by atoms with E-state index in [1.165, 1.54) is 11.3 Å². The molecule has 0 saturated carbocycles. The van der Waals surface area contributed by atoms with Gasteiger partial charge in [0.2, 0.25) is 11.7 Å². The van der Waals surface area contributed by atoms with Gasteiger partial charge in [-0.15, -0.1) is 22.7 Å². The largest absolute Gasteiger partial charge is 0.326 e. The summed E-state index contributed by atoms with van der Waals surface area (Å²) in [6.07, 6.45) is 0.357. The molecule has 1 amide bonds. The smallest absolute Gasteiger partial charge is 0.228 e. The van der Waals surface area contributed by atoms with Gasteiger partial charge < -0.3 is 5.32 Å². The molecule has 0 atom stereocenters. The number of rotatable bonds is 2. The first-order valence-electron chi connectivity index (χ1n) is 6.15. The van der Waals surface area contributed by atoms with Gasteiger partial charge in [-0.25, -0.2) is 0 Å².